The average molecular weight is 309 g/mol. The Hall–Kier alpha value is -1.85. The molecule has 1 aromatic rings. The summed E-state index contributed by atoms with van der Waals surface area (Å²) < 4.78 is 6.55. The number of aryl methyl sites for hydroxylation is 1. The number of aromatic nitrogens is 2. The van der Waals surface area contributed by atoms with Crippen LogP contribution in [0.4, 0.5) is 0 Å². The van der Waals surface area contributed by atoms with Crippen LogP contribution in [-0.2, 0) is 27.3 Å². The topological polar surface area (TPSA) is 73.2 Å². The molecule has 1 heterocycles. The summed E-state index contributed by atoms with van der Waals surface area (Å²) in [6.45, 7) is 10.8. The third-order valence-electron chi connectivity index (χ3n) is 3.51. The van der Waals surface area contributed by atoms with Gasteiger partial charge >= 0.3 is 5.97 Å². The van der Waals surface area contributed by atoms with Crippen molar-refractivity contribution in [3.8, 4) is 0 Å². The lowest BCUT2D eigenvalue weighted by Gasteiger charge is -2.13. The van der Waals surface area contributed by atoms with Crippen molar-refractivity contribution in [2.45, 2.75) is 60.0 Å². The Labute approximate surface area is 132 Å². The van der Waals surface area contributed by atoms with Crippen molar-refractivity contribution in [2.75, 3.05) is 7.11 Å². The summed E-state index contributed by atoms with van der Waals surface area (Å²) in [6.07, 6.45) is 0.452. The molecule has 1 atom stereocenters. The van der Waals surface area contributed by atoms with Gasteiger partial charge in [0.25, 0.3) is 0 Å². The van der Waals surface area contributed by atoms with Gasteiger partial charge in [0.05, 0.1) is 25.6 Å². The fraction of sp³-hybridized carbons (Fsp3) is 0.688. The van der Waals surface area contributed by atoms with Crippen LogP contribution in [0.5, 0.6) is 0 Å². The minimum absolute atomic E-state index is 0.105. The van der Waals surface area contributed by atoms with E-state index in [0.717, 1.165) is 23.5 Å². The lowest BCUT2D eigenvalue weighted by Crippen LogP contribution is -2.35. The van der Waals surface area contributed by atoms with E-state index in [1.807, 2.05) is 18.5 Å². The van der Waals surface area contributed by atoms with Gasteiger partial charge in [0, 0.05) is 23.8 Å². The molecule has 0 aliphatic rings. The fourth-order valence-corrected chi connectivity index (χ4v) is 2.38. The fourth-order valence-electron chi connectivity index (χ4n) is 2.38. The summed E-state index contributed by atoms with van der Waals surface area (Å²) in [7, 11) is 1.34. The molecule has 0 fully saturated rings. The van der Waals surface area contributed by atoms with Crippen LogP contribution in [0.1, 0.15) is 44.1 Å². The number of hydrogen-bond donors (Lipinski definition) is 1. The zero-order valence-corrected chi connectivity index (χ0v) is 14.4. The maximum absolute atomic E-state index is 12.1. The number of hydrogen-bond acceptors (Lipinski definition) is 4. The Bertz CT molecular complexity index is 535. The molecule has 1 aromatic heterocycles. The predicted molar refractivity (Wildman–Crippen MR) is 84.5 cm³/mol. The molecule has 0 aliphatic carbocycles. The predicted octanol–water partition coefficient (Wildman–Crippen LogP) is 1.77. The summed E-state index contributed by atoms with van der Waals surface area (Å²) in [6, 6.07) is -0.244. The van der Waals surface area contributed by atoms with Gasteiger partial charge in [-0.3, -0.25) is 14.3 Å². The van der Waals surface area contributed by atoms with E-state index >= 15 is 0 Å². The lowest BCUT2D eigenvalue weighted by atomic mass is 10.1. The summed E-state index contributed by atoms with van der Waals surface area (Å²) in [5.74, 6) is 0.0661. The highest BCUT2D eigenvalue weighted by Gasteiger charge is 2.17. The molecule has 124 valence electrons. The summed E-state index contributed by atoms with van der Waals surface area (Å²) in [4.78, 5) is 23.3. The Kier molecular flexibility index (Phi) is 6.59. The average Bonchev–Trinajstić information content (AvgIpc) is 2.65. The van der Waals surface area contributed by atoms with Crippen molar-refractivity contribution in [3.63, 3.8) is 0 Å². The van der Waals surface area contributed by atoms with Crippen LogP contribution >= 0.6 is 0 Å². The van der Waals surface area contributed by atoms with Gasteiger partial charge in [0.1, 0.15) is 0 Å². The van der Waals surface area contributed by atoms with Gasteiger partial charge < -0.3 is 10.1 Å². The van der Waals surface area contributed by atoms with Crippen LogP contribution in [0.25, 0.3) is 0 Å². The third kappa shape index (κ3) is 5.16. The molecule has 6 heteroatoms. The molecule has 6 nitrogen and oxygen atoms in total. The van der Waals surface area contributed by atoms with Crippen LogP contribution in [0.3, 0.4) is 0 Å². The largest absolute Gasteiger partial charge is 0.469 e. The van der Waals surface area contributed by atoms with E-state index < -0.39 is 0 Å². The van der Waals surface area contributed by atoms with Crippen LogP contribution < -0.4 is 5.32 Å². The second-order valence-electron chi connectivity index (χ2n) is 6.15. The number of esters is 1. The Balaban J connectivity index is 2.68. The molecule has 0 spiro atoms. The van der Waals surface area contributed by atoms with E-state index in [0.29, 0.717) is 5.92 Å². The minimum atomic E-state index is -0.329. The monoisotopic (exact) mass is 309 g/mol. The SMILES string of the molecule is COC(=O)CC(C)NC(=O)Cc1c(C)nn(CC(C)C)c1C. The first-order chi connectivity index (χ1) is 10.2. The van der Waals surface area contributed by atoms with Gasteiger partial charge in [-0.15, -0.1) is 0 Å². The zero-order chi connectivity index (χ0) is 16.9. The molecule has 1 N–H and O–H groups in total. The Morgan fingerprint density at radius 1 is 1.27 bits per heavy atom. The number of carbonyl (C=O) groups is 2. The lowest BCUT2D eigenvalue weighted by molar-refractivity contribution is -0.141. The number of ether oxygens (including phenoxy) is 1. The molecule has 0 saturated heterocycles. The van der Waals surface area contributed by atoms with Gasteiger partial charge in [-0.25, -0.2) is 0 Å². The second-order valence-corrected chi connectivity index (χ2v) is 6.15. The van der Waals surface area contributed by atoms with E-state index in [4.69, 9.17) is 0 Å². The van der Waals surface area contributed by atoms with E-state index in [1.165, 1.54) is 7.11 Å². The highest BCUT2D eigenvalue weighted by molar-refractivity contribution is 5.80. The third-order valence-corrected chi connectivity index (χ3v) is 3.51. The van der Waals surface area contributed by atoms with Gasteiger partial charge in [-0.05, 0) is 26.7 Å². The summed E-state index contributed by atoms with van der Waals surface area (Å²) >= 11 is 0. The van der Waals surface area contributed by atoms with Crippen LogP contribution in [-0.4, -0.2) is 34.8 Å². The molecule has 22 heavy (non-hydrogen) atoms. The molecule has 1 amide bonds. The highest BCUT2D eigenvalue weighted by Crippen LogP contribution is 2.15. The molecular weight excluding hydrogens is 282 g/mol. The smallest absolute Gasteiger partial charge is 0.307 e. The highest BCUT2D eigenvalue weighted by atomic mass is 16.5. The second kappa shape index (κ2) is 7.96. The maximum atomic E-state index is 12.1. The number of amides is 1. The van der Waals surface area contributed by atoms with Crippen molar-refractivity contribution in [1.82, 2.24) is 15.1 Å². The number of nitrogens with zero attached hydrogens (tertiary/aromatic N) is 2. The van der Waals surface area contributed by atoms with Gasteiger partial charge in [-0.1, -0.05) is 13.8 Å². The van der Waals surface area contributed by atoms with E-state index in [9.17, 15) is 9.59 Å². The van der Waals surface area contributed by atoms with Crippen molar-refractivity contribution < 1.29 is 14.3 Å². The zero-order valence-electron chi connectivity index (χ0n) is 14.4. The number of nitrogens with one attached hydrogen (secondary N) is 1. The van der Waals surface area contributed by atoms with E-state index in [1.54, 1.807) is 6.92 Å². The van der Waals surface area contributed by atoms with Crippen LogP contribution in [0.15, 0.2) is 0 Å². The van der Waals surface area contributed by atoms with Crippen molar-refractivity contribution >= 4 is 11.9 Å². The number of carbonyl (C=O) groups excluding carboxylic acids is 2. The molecule has 0 saturated carbocycles. The normalized spacial score (nSPS) is 12.3. The number of rotatable bonds is 7. The summed E-state index contributed by atoms with van der Waals surface area (Å²) in [5, 5.41) is 7.33. The van der Waals surface area contributed by atoms with Crippen molar-refractivity contribution in [1.29, 1.82) is 0 Å². The first-order valence-corrected chi connectivity index (χ1v) is 7.63. The summed E-state index contributed by atoms with van der Waals surface area (Å²) in [5.41, 5.74) is 2.87. The van der Waals surface area contributed by atoms with Crippen LogP contribution in [0.2, 0.25) is 0 Å². The molecule has 0 radical (unpaired) electrons. The van der Waals surface area contributed by atoms with Crippen LogP contribution in [0, 0.1) is 19.8 Å². The van der Waals surface area contributed by atoms with E-state index in [-0.39, 0.29) is 30.8 Å². The maximum Gasteiger partial charge on any atom is 0.307 e. The first-order valence-electron chi connectivity index (χ1n) is 7.63. The molecule has 1 rings (SSSR count). The molecule has 0 aliphatic heterocycles. The Morgan fingerprint density at radius 2 is 1.91 bits per heavy atom. The standard InChI is InChI=1S/C16H27N3O3/c1-10(2)9-19-13(5)14(12(4)18-19)8-15(20)17-11(3)7-16(21)22-6/h10-11H,7-9H2,1-6H3,(H,17,20). The van der Waals surface area contributed by atoms with Gasteiger partial charge in [-0.2, -0.15) is 5.10 Å². The van der Waals surface area contributed by atoms with Crippen molar-refractivity contribution in [3.05, 3.63) is 17.0 Å². The Morgan fingerprint density at radius 3 is 2.45 bits per heavy atom. The quantitative estimate of drug-likeness (QED) is 0.779. The van der Waals surface area contributed by atoms with Crippen molar-refractivity contribution in [2.24, 2.45) is 5.92 Å². The van der Waals surface area contributed by atoms with E-state index in [2.05, 4.69) is 29.0 Å². The molecule has 0 bridgehead atoms. The minimum Gasteiger partial charge on any atom is -0.469 e. The molecule has 1 unspecified atom stereocenters. The first kappa shape index (κ1) is 18.2. The molecular formula is C16H27N3O3. The number of methoxy groups -OCH3 is 1. The van der Waals surface area contributed by atoms with Gasteiger partial charge in [0.2, 0.25) is 5.91 Å². The molecule has 0 aromatic carbocycles. The van der Waals surface area contributed by atoms with Gasteiger partial charge in [0.15, 0.2) is 0 Å².